The van der Waals surface area contributed by atoms with Crippen LogP contribution >= 0.6 is 0 Å². The van der Waals surface area contributed by atoms with Crippen molar-refractivity contribution in [1.29, 1.82) is 0 Å². The van der Waals surface area contributed by atoms with Crippen LogP contribution in [0.5, 0.6) is 0 Å². The number of hydrogen-bond acceptors (Lipinski definition) is 3. The Balaban J connectivity index is 2.28. The van der Waals surface area contributed by atoms with Crippen molar-refractivity contribution in [3.63, 3.8) is 0 Å². The molecule has 16 heavy (non-hydrogen) atoms. The van der Waals surface area contributed by atoms with Gasteiger partial charge in [-0.25, -0.2) is 13.8 Å². The molecule has 0 aliphatic rings. The zero-order chi connectivity index (χ0) is 11.1. The second kappa shape index (κ2) is 3.13. The summed E-state index contributed by atoms with van der Waals surface area (Å²) < 4.78 is 30.9. The molecule has 0 atom stereocenters. The zero-order valence-electron chi connectivity index (χ0n) is 7.87. The number of aromatic amines is 1. The Morgan fingerprint density at radius 3 is 2.81 bits per heavy atom. The highest BCUT2D eigenvalue weighted by Gasteiger charge is 2.13. The van der Waals surface area contributed by atoms with Gasteiger partial charge in [-0.05, 0) is 12.1 Å². The van der Waals surface area contributed by atoms with Gasteiger partial charge >= 0.3 is 0 Å². The van der Waals surface area contributed by atoms with Crippen LogP contribution in [0.3, 0.4) is 0 Å². The monoisotopic (exact) mass is 221 g/mol. The molecule has 3 aromatic rings. The maximum Gasteiger partial charge on any atom is 0.186 e. The summed E-state index contributed by atoms with van der Waals surface area (Å²) in [6.07, 6.45) is 1.37. The van der Waals surface area contributed by atoms with E-state index >= 15 is 0 Å². The molecule has 0 bridgehead atoms. The molecule has 2 heterocycles. The first-order chi connectivity index (χ1) is 7.75. The van der Waals surface area contributed by atoms with E-state index in [9.17, 15) is 8.78 Å². The van der Waals surface area contributed by atoms with Gasteiger partial charge in [0.05, 0.1) is 5.52 Å². The minimum absolute atomic E-state index is 0.0435. The average Bonchev–Trinajstić information content (AvgIpc) is 2.91. The zero-order valence-corrected chi connectivity index (χ0v) is 7.87. The largest absolute Gasteiger partial charge is 0.364 e. The molecule has 0 saturated heterocycles. The second-order valence-electron chi connectivity index (χ2n) is 3.23. The van der Waals surface area contributed by atoms with Gasteiger partial charge in [0.1, 0.15) is 17.5 Å². The number of aromatic nitrogens is 3. The fraction of sp³-hybridized carbons (Fsp3) is 0. The Morgan fingerprint density at radius 1 is 1.19 bits per heavy atom. The first-order valence-electron chi connectivity index (χ1n) is 4.50. The SMILES string of the molecule is Fc1ccc2[nH]c(-c3ccon3)nc2c1F. The lowest BCUT2D eigenvalue weighted by atomic mass is 10.3. The van der Waals surface area contributed by atoms with Gasteiger partial charge in [-0.1, -0.05) is 5.16 Å². The van der Waals surface area contributed by atoms with Crippen molar-refractivity contribution in [3.05, 3.63) is 36.1 Å². The molecule has 0 aliphatic heterocycles. The maximum absolute atomic E-state index is 13.4. The highest BCUT2D eigenvalue weighted by atomic mass is 19.2. The van der Waals surface area contributed by atoms with Gasteiger partial charge in [0.15, 0.2) is 17.5 Å². The summed E-state index contributed by atoms with van der Waals surface area (Å²) in [7, 11) is 0. The molecule has 2 aromatic heterocycles. The molecule has 6 heteroatoms. The summed E-state index contributed by atoms with van der Waals surface area (Å²) in [5.41, 5.74) is 0.811. The molecule has 0 radical (unpaired) electrons. The molecule has 0 saturated carbocycles. The lowest BCUT2D eigenvalue weighted by molar-refractivity contribution is 0.422. The maximum atomic E-state index is 13.4. The molecule has 0 unspecified atom stereocenters. The first-order valence-corrected chi connectivity index (χ1v) is 4.50. The molecule has 3 rings (SSSR count). The third kappa shape index (κ3) is 1.19. The average molecular weight is 221 g/mol. The Hall–Kier alpha value is -2.24. The number of nitrogens with one attached hydrogen (secondary N) is 1. The van der Waals surface area contributed by atoms with E-state index in [1.807, 2.05) is 0 Å². The summed E-state index contributed by atoms with van der Waals surface area (Å²) in [6.45, 7) is 0. The van der Waals surface area contributed by atoms with Gasteiger partial charge in [0.25, 0.3) is 0 Å². The molecule has 0 fully saturated rings. The van der Waals surface area contributed by atoms with Crippen LogP contribution in [0.25, 0.3) is 22.6 Å². The number of fused-ring (bicyclic) bond motifs is 1. The van der Waals surface area contributed by atoms with Crippen LogP contribution in [0.4, 0.5) is 8.78 Å². The van der Waals surface area contributed by atoms with Crippen LogP contribution < -0.4 is 0 Å². The molecule has 0 spiro atoms. The Bertz CT molecular complexity index is 645. The van der Waals surface area contributed by atoms with Gasteiger partial charge in [-0.15, -0.1) is 0 Å². The first kappa shape index (κ1) is 9.02. The van der Waals surface area contributed by atoms with E-state index in [-0.39, 0.29) is 5.52 Å². The van der Waals surface area contributed by atoms with E-state index in [4.69, 9.17) is 0 Å². The summed E-state index contributed by atoms with van der Waals surface area (Å²) in [4.78, 5) is 6.75. The molecule has 0 aliphatic carbocycles. The van der Waals surface area contributed by atoms with Gasteiger partial charge in [-0.2, -0.15) is 0 Å². The lowest BCUT2D eigenvalue weighted by Gasteiger charge is -1.91. The molecule has 80 valence electrons. The second-order valence-corrected chi connectivity index (χ2v) is 3.23. The van der Waals surface area contributed by atoms with Crippen molar-refractivity contribution in [2.45, 2.75) is 0 Å². The third-order valence-electron chi connectivity index (χ3n) is 2.23. The minimum Gasteiger partial charge on any atom is -0.364 e. The Kier molecular flexibility index (Phi) is 1.76. The number of hydrogen-bond donors (Lipinski definition) is 1. The van der Waals surface area contributed by atoms with Crippen LogP contribution in [0.15, 0.2) is 29.0 Å². The molecule has 4 nitrogen and oxygen atoms in total. The summed E-state index contributed by atoms with van der Waals surface area (Å²) in [6, 6.07) is 4.04. The number of rotatable bonds is 1. The number of halogens is 2. The minimum atomic E-state index is -0.969. The standard InChI is InChI=1S/C10H5F2N3O/c11-5-1-2-6-9(8(5)12)14-10(13-6)7-3-4-16-15-7/h1-4H,(H,13,14). The fourth-order valence-electron chi connectivity index (χ4n) is 1.47. The van der Waals surface area contributed by atoms with Crippen molar-refractivity contribution in [1.82, 2.24) is 15.1 Å². The van der Waals surface area contributed by atoms with Crippen molar-refractivity contribution in [2.24, 2.45) is 0 Å². The highest BCUT2D eigenvalue weighted by Crippen LogP contribution is 2.22. The van der Waals surface area contributed by atoms with Crippen molar-refractivity contribution in [3.8, 4) is 11.5 Å². The van der Waals surface area contributed by atoms with E-state index in [2.05, 4.69) is 19.6 Å². The molecular formula is C10H5F2N3O. The molecule has 1 N–H and O–H groups in total. The quantitative estimate of drug-likeness (QED) is 0.686. The van der Waals surface area contributed by atoms with Crippen molar-refractivity contribution < 1.29 is 13.3 Å². The van der Waals surface area contributed by atoms with Crippen LogP contribution in [0, 0.1) is 11.6 Å². The van der Waals surface area contributed by atoms with E-state index in [1.54, 1.807) is 6.07 Å². The fourth-order valence-corrected chi connectivity index (χ4v) is 1.47. The Labute approximate surface area is 87.9 Å². The topological polar surface area (TPSA) is 54.7 Å². The van der Waals surface area contributed by atoms with Crippen molar-refractivity contribution >= 4 is 11.0 Å². The summed E-state index contributed by atoms with van der Waals surface area (Å²) in [5, 5.41) is 3.65. The van der Waals surface area contributed by atoms with Crippen LogP contribution in [-0.4, -0.2) is 15.1 Å². The normalized spacial score (nSPS) is 11.1. The van der Waals surface area contributed by atoms with E-state index in [0.717, 1.165) is 6.07 Å². The van der Waals surface area contributed by atoms with E-state index < -0.39 is 11.6 Å². The summed E-state index contributed by atoms with van der Waals surface area (Å²) in [5.74, 6) is -1.55. The molecule has 1 aromatic carbocycles. The van der Waals surface area contributed by atoms with Crippen molar-refractivity contribution in [2.75, 3.05) is 0 Å². The Morgan fingerprint density at radius 2 is 2.06 bits per heavy atom. The van der Waals surface area contributed by atoms with Gasteiger partial charge in [0.2, 0.25) is 0 Å². The lowest BCUT2D eigenvalue weighted by Crippen LogP contribution is -1.84. The molecular weight excluding hydrogens is 216 g/mol. The predicted molar refractivity (Wildman–Crippen MR) is 51.5 cm³/mol. The highest BCUT2D eigenvalue weighted by molar-refractivity contribution is 5.79. The number of imidazole rings is 1. The number of benzene rings is 1. The van der Waals surface area contributed by atoms with Crippen LogP contribution in [0.1, 0.15) is 0 Å². The van der Waals surface area contributed by atoms with Crippen LogP contribution in [-0.2, 0) is 0 Å². The van der Waals surface area contributed by atoms with Crippen LogP contribution in [0.2, 0.25) is 0 Å². The van der Waals surface area contributed by atoms with Gasteiger partial charge < -0.3 is 9.51 Å². The van der Waals surface area contributed by atoms with E-state index in [0.29, 0.717) is 17.0 Å². The van der Waals surface area contributed by atoms with Gasteiger partial charge in [-0.3, -0.25) is 0 Å². The predicted octanol–water partition coefficient (Wildman–Crippen LogP) is 2.50. The number of H-pyrrole nitrogens is 1. The molecule has 0 amide bonds. The van der Waals surface area contributed by atoms with Gasteiger partial charge in [0, 0.05) is 6.07 Å². The summed E-state index contributed by atoms with van der Waals surface area (Å²) >= 11 is 0. The third-order valence-corrected chi connectivity index (χ3v) is 2.23. The smallest absolute Gasteiger partial charge is 0.186 e. The number of nitrogens with zero attached hydrogens (tertiary/aromatic N) is 2. The van der Waals surface area contributed by atoms with E-state index in [1.165, 1.54) is 12.3 Å².